The molecule has 3 N–H and O–H groups in total. The third-order valence-corrected chi connectivity index (χ3v) is 1.53. The number of nitrogens with zero attached hydrogens (tertiary/aromatic N) is 2. The molecule has 0 saturated carbocycles. The summed E-state index contributed by atoms with van der Waals surface area (Å²) in [5.74, 6) is -0.891. The highest BCUT2D eigenvalue weighted by Gasteiger charge is 2.27. The van der Waals surface area contributed by atoms with Crippen LogP contribution in [0.2, 0.25) is 0 Å². The van der Waals surface area contributed by atoms with Crippen molar-refractivity contribution in [1.82, 2.24) is 15.6 Å². The number of hydrogen-bond donors (Lipinski definition) is 2. The highest BCUT2D eigenvalue weighted by Crippen LogP contribution is 2.13. The van der Waals surface area contributed by atoms with E-state index < -0.39 is 18.7 Å². The minimum atomic E-state index is -4.38. The highest BCUT2D eigenvalue weighted by atomic mass is 19.4. The van der Waals surface area contributed by atoms with Crippen molar-refractivity contribution in [2.24, 2.45) is 0 Å². The second kappa shape index (κ2) is 5.48. The third-order valence-electron chi connectivity index (χ3n) is 1.53. The van der Waals surface area contributed by atoms with Gasteiger partial charge in [0.15, 0.2) is 0 Å². The van der Waals surface area contributed by atoms with E-state index >= 15 is 0 Å². The Bertz CT molecular complexity index is 379. The van der Waals surface area contributed by atoms with Crippen LogP contribution in [0.3, 0.4) is 0 Å². The standard InChI is InChI=1S/C7H9F3N4O3/c8-7(9,10)3-16-2-1-12-6(15)4-5(11)14-17-13-4/h1-3H2,(H2,11,14)(H,12,15). The van der Waals surface area contributed by atoms with Crippen LogP contribution in [0, 0.1) is 0 Å². The Morgan fingerprint density at radius 1 is 1.47 bits per heavy atom. The van der Waals surface area contributed by atoms with Crippen LogP contribution in [-0.2, 0) is 4.74 Å². The minimum absolute atomic E-state index is 0.110. The highest BCUT2D eigenvalue weighted by molar-refractivity contribution is 5.95. The van der Waals surface area contributed by atoms with E-state index in [-0.39, 0.29) is 24.7 Å². The van der Waals surface area contributed by atoms with E-state index in [1.54, 1.807) is 0 Å². The SMILES string of the molecule is Nc1nonc1C(=O)NCCOCC(F)(F)F. The van der Waals surface area contributed by atoms with Gasteiger partial charge in [0.05, 0.1) is 6.61 Å². The predicted molar refractivity (Wildman–Crippen MR) is 47.9 cm³/mol. The first-order chi connectivity index (χ1) is 7.90. The molecule has 1 aromatic rings. The Morgan fingerprint density at radius 2 is 2.18 bits per heavy atom. The molecule has 10 heteroatoms. The molecule has 0 aliphatic rings. The van der Waals surface area contributed by atoms with Crippen LogP contribution in [-0.4, -0.2) is 42.2 Å². The first-order valence-electron chi connectivity index (χ1n) is 4.41. The van der Waals surface area contributed by atoms with Gasteiger partial charge >= 0.3 is 6.18 Å². The van der Waals surface area contributed by atoms with Gasteiger partial charge in [0.2, 0.25) is 11.5 Å². The number of ether oxygens (including phenoxy) is 1. The van der Waals surface area contributed by atoms with Gasteiger partial charge in [0, 0.05) is 6.54 Å². The van der Waals surface area contributed by atoms with Crippen molar-refractivity contribution in [2.75, 3.05) is 25.5 Å². The number of nitrogens with one attached hydrogen (secondary N) is 1. The second-order valence-corrected chi connectivity index (χ2v) is 2.92. The Labute approximate surface area is 93.1 Å². The molecule has 0 aliphatic heterocycles. The molecule has 1 heterocycles. The minimum Gasteiger partial charge on any atom is -0.379 e. The summed E-state index contributed by atoms with van der Waals surface area (Å²) in [7, 11) is 0. The molecule has 1 aromatic heterocycles. The van der Waals surface area contributed by atoms with Gasteiger partial charge in [-0.25, -0.2) is 4.63 Å². The topological polar surface area (TPSA) is 103 Å². The Hall–Kier alpha value is -1.84. The second-order valence-electron chi connectivity index (χ2n) is 2.92. The summed E-state index contributed by atoms with van der Waals surface area (Å²) in [5.41, 5.74) is 5.00. The summed E-state index contributed by atoms with van der Waals surface area (Å²) in [6, 6.07) is 0. The number of hydrogen-bond acceptors (Lipinski definition) is 6. The van der Waals surface area contributed by atoms with Gasteiger partial charge < -0.3 is 15.8 Å². The fourth-order valence-corrected chi connectivity index (χ4v) is 0.861. The number of alkyl halides is 3. The molecule has 1 amide bonds. The zero-order valence-electron chi connectivity index (χ0n) is 8.45. The molecule has 0 aliphatic carbocycles. The Morgan fingerprint density at radius 3 is 2.71 bits per heavy atom. The molecule has 0 fully saturated rings. The lowest BCUT2D eigenvalue weighted by atomic mass is 10.4. The van der Waals surface area contributed by atoms with Gasteiger partial charge in [-0.05, 0) is 10.3 Å². The summed E-state index contributed by atoms with van der Waals surface area (Å²) in [5, 5.41) is 8.61. The van der Waals surface area contributed by atoms with Gasteiger partial charge in [0.1, 0.15) is 6.61 Å². The number of anilines is 1. The van der Waals surface area contributed by atoms with Crippen LogP contribution < -0.4 is 11.1 Å². The van der Waals surface area contributed by atoms with E-state index in [1.165, 1.54) is 0 Å². The van der Waals surface area contributed by atoms with Crippen molar-refractivity contribution < 1.29 is 27.3 Å². The van der Waals surface area contributed by atoms with Crippen molar-refractivity contribution in [2.45, 2.75) is 6.18 Å². The lowest BCUT2D eigenvalue weighted by Crippen LogP contribution is -2.29. The van der Waals surface area contributed by atoms with Crippen molar-refractivity contribution in [3.8, 4) is 0 Å². The van der Waals surface area contributed by atoms with Gasteiger partial charge in [-0.3, -0.25) is 4.79 Å². The maximum Gasteiger partial charge on any atom is 0.411 e. The van der Waals surface area contributed by atoms with Gasteiger partial charge in [-0.1, -0.05) is 0 Å². The summed E-state index contributed by atoms with van der Waals surface area (Å²) in [6.45, 7) is -1.76. The number of carbonyl (C=O) groups is 1. The number of aromatic nitrogens is 2. The van der Waals surface area contributed by atoms with Gasteiger partial charge in [0.25, 0.3) is 5.91 Å². The molecule has 0 radical (unpaired) electrons. The van der Waals surface area contributed by atoms with Crippen LogP contribution in [0.4, 0.5) is 19.0 Å². The number of halogens is 3. The summed E-state index contributed by atoms with van der Waals surface area (Å²) in [4.78, 5) is 11.3. The van der Waals surface area contributed by atoms with Crippen LogP contribution in [0.25, 0.3) is 0 Å². The van der Waals surface area contributed by atoms with E-state index in [1.807, 2.05) is 0 Å². The van der Waals surface area contributed by atoms with E-state index in [0.29, 0.717) is 0 Å². The third kappa shape index (κ3) is 4.68. The molecule has 17 heavy (non-hydrogen) atoms. The molecule has 1 rings (SSSR count). The molecule has 0 aromatic carbocycles. The average molecular weight is 254 g/mol. The van der Waals surface area contributed by atoms with Crippen molar-refractivity contribution in [3.63, 3.8) is 0 Å². The lowest BCUT2D eigenvalue weighted by molar-refractivity contribution is -0.173. The summed E-state index contributed by atoms with van der Waals surface area (Å²) in [6.07, 6.45) is -4.38. The van der Waals surface area contributed by atoms with Crippen LogP contribution in [0.15, 0.2) is 4.63 Å². The fraction of sp³-hybridized carbons (Fsp3) is 0.571. The van der Waals surface area contributed by atoms with Crippen molar-refractivity contribution in [3.05, 3.63) is 5.69 Å². The van der Waals surface area contributed by atoms with Gasteiger partial charge in [-0.2, -0.15) is 13.2 Å². The molecule has 0 unspecified atom stereocenters. The smallest absolute Gasteiger partial charge is 0.379 e. The maximum absolute atomic E-state index is 11.7. The normalized spacial score (nSPS) is 11.5. The number of amides is 1. The monoisotopic (exact) mass is 254 g/mol. The van der Waals surface area contributed by atoms with Crippen molar-refractivity contribution in [1.29, 1.82) is 0 Å². The Balaban J connectivity index is 2.20. The average Bonchev–Trinajstić information content (AvgIpc) is 2.62. The molecule has 0 saturated heterocycles. The maximum atomic E-state index is 11.7. The van der Waals surface area contributed by atoms with E-state index in [9.17, 15) is 18.0 Å². The molecule has 0 spiro atoms. The molecule has 96 valence electrons. The number of rotatable bonds is 5. The molecule has 0 bridgehead atoms. The van der Waals surface area contributed by atoms with E-state index in [4.69, 9.17) is 5.73 Å². The molecule has 7 nitrogen and oxygen atoms in total. The predicted octanol–water partition coefficient (Wildman–Crippen LogP) is -0.0395. The first kappa shape index (κ1) is 13.2. The zero-order valence-corrected chi connectivity index (χ0v) is 8.45. The Kier molecular flexibility index (Phi) is 4.26. The van der Waals surface area contributed by atoms with Crippen molar-refractivity contribution >= 4 is 11.7 Å². The molecule has 0 atom stereocenters. The summed E-state index contributed by atoms with van der Waals surface area (Å²) >= 11 is 0. The quantitative estimate of drug-likeness (QED) is 0.714. The van der Waals surface area contributed by atoms with Crippen LogP contribution in [0.5, 0.6) is 0 Å². The van der Waals surface area contributed by atoms with Gasteiger partial charge in [-0.15, -0.1) is 0 Å². The number of carbonyl (C=O) groups excluding carboxylic acids is 1. The number of nitrogen functional groups attached to an aromatic ring is 1. The van der Waals surface area contributed by atoms with E-state index in [2.05, 4.69) is 25.0 Å². The first-order valence-corrected chi connectivity index (χ1v) is 4.41. The number of nitrogens with two attached hydrogens (primary N) is 1. The largest absolute Gasteiger partial charge is 0.411 e. The fourth-order valence-electron chi connectivity index (χ4n) is 0.861. The lowest BCUT2D eigenvalue weighted by Gasteiger charge is -2.07. The van der Waals surface area contributed by atoms with Crippen LogP contribution in [0.1, 0.15) is 10.5 Å². The summed E-state index contributed by atoms with van der Waals surface area (Å²) < 4.78 is 43.4. The molecular weight excluding hydrogens is 245 g/mol. The van der Waals surface area contributed by atoms with Crippen LogP contribution >= 0.6 is 0 Å². The molecular formula is C7H9F3N4O3. The zero-order chi connectivity index (χ0) is 12.9. The van der Waals surface area contributed by atoms with E-state index in [0.717, 1.165) is 0 Å².